The van der Waals surface area contributed by atoms with Crippen molar-refractivity contribution in [3.05, 3.63) is 42.1 Å². The molecule has 1 amide bonds. The molecule has 8 heteroatoms. The molecule has 1 aromatic carbocycles. The Hall–Kier alpha value is -2.19. The van der Waals surface area contributed by atoms with E-state index in [1.165, 1.54) is 6.07 Å². The predicted octanol–water partition coefficient (Wildman–Crippen LogP) is 3.67. The van der Waals surface area contributed by atoms with Crippen molar-refractivity contribution in [2.75, 3.05) is 11.9 Å². The molecular weight excluding hydrogens is 376 g/mol. The minimum atomic E-state index is -3.62. The van der Waals surface area contributed by atoms with Gasteiger partial charge < -0.3 is 5.32 Å². The molecule has 2 aromatic rings. The Bertz CT molecular complexity index is 938. The molecule has 1 aromatic heterocycles. The van der Waals surface area contributed by atoms with Crippen LogP contribution in [0.3, 0.4) is 0 Å². The van der Waals surface area contributed by atoms with Crippen molar-refractivity contribution in [2.24, 2.45) is 0 Å². The monoisotopic (exact) mass is 404 g/mol. The highest BCUT2D eigenvalue weighted by Gasteiger charge is 2.31. The summed E-state index contributed by atoms with van der Waals surface area (Å²) >= 11 is 0. The summed E-state index contributed by atoms with van der Waals surface area (Å²) in [7, 11) is -3.62. The van der Waals surface area contributed by atoms with Gasteiger partial charge >= 0.3 is 0 Å². The molecular formula is C20H28N4O3S. The maximum atomic E-state index is 13.1. The van der Waals surface area contributed by atoms with Crippen molar-refractivity contribution >= 4 is 21.7 Å². The van der Waals surface area contributed by atoms with Crippen LogP contribution in [0.15, 0.2) is 41.4 Å². The fourth-order valence-corrected chi connectivity index (χ4v) is 5.23. The van der Waals surface area contributed by atoms with Gasteiger partial charge in [0.25, 0.3) is 5.91 Å². The van der Waals surface area contributed by atoms with Gasteiger partial charge in [-0.05, 0) is 51.3 Å². The van der Waals surface area contributed by atoms with Crippen LogP contribution in [-0.4, -0.2) is 41.0 Å². The van der Waals surface area contributed by atoms with Gasteiger partial charge in [-0.3, -0.25) is 4.79 Å². The molecule has 2 heterocycles. The molecule has 0 aliphatic carbocycles. The standard InChI is InChI=1S/C20H28N4O3S/c1-4-15(2)24-19(11-12-21-24)22-20(25)17-9-7-10-18(14-17)28(26,27)23-13-6-5-8-16(23)3/h7,9-12,14-16H,4-6,8,13H2,1-3H3,(H,22,25). The number of hydrogen-bond acceptors (Lipinski definition) is 4. The Morgan fingerprint density at radius 1 is 1.32 bits per heavy atom. The van der Waals surface area contributed by atoms with Crippen molar-refractivity contribution in [1.82, 2.24) is 14.1 Å². The van der Waals surface area contributed by atoms with Crippen LogP contribution in [0.1, 0.15) is 62.9 Å². The number of nitrogens with one attached hydrogen (secondary N) is 1. The van der Waals surface area contributed by atoms with E-state index < -0.39 is 10.0 Å². The first-order chi connectivity index (χ1) is 13.3. The zero-order chi connectivity index (χ0) is 20.3. The average Bonchev–Trinajstić information content (AvgIpc) is 3.15. The van der Waals surface area contributed by atoms with E-state index in [2.05, 4.69) is 10.4 Å². The van der Waals surface area contributed by atoms with Crippen molar-refractivity contribution in [1.29, 1.82) is 0 Å². The fraction of sp³-hybridized carbons (Fsp3) is 0.500. The van der Waals surface area contributed by atoms with Crippen LogP contribution >= 0.6 is 0 Å². The molecule has 1 aliphatic heterocycles. The average molecular weight is 405 g/mol. The first kappa shape index (κ1) is 20.5. The lowest BCUT2D eigenvalue weighted by Gasteiger charge is -2.32. The van der Waals surface area contributed by atoms with E-state index in [-0.39, 0.29) is 22.9 Å². The van der Waals surface area contributed by atoms with Gasteiger partial charge in [-0.15, -0.1) is 0 Å². The third kappa shape index (κ3) is 4.12. The number of benzene rings is 1. The number of aromatic nitrogens is 2. The smallest absolute Gasteiger partial charge is 0.256 e. The molecule has 0 bridgehead atoms. The van der Waals surface area contributed by atoms with Gasteiger partial charge in [0.15, 0.2) is 0 Å². The predicted molar refractivity (Wildman–Crippen MR) is 109 cm³/mol. The summed E-state index contributed by atoms with van der Waals surface area (Å²) < 4.78 is 29.4. The van der Waals surface area contributed by atoms with Crippen molar-refractivity contribution < 1.29 is 13.2 Å². The van der Waals surface area contributed by atoms with Crippen LogP contribution in [-0.2, 0) is 10.0 Å². The van der Waals surface area contributed by atoms with Gasteiger partial charge in [0, 0.05) is 24.2 Å². The zero-order valence-corrected chi connectivity index (χ0v) is 17.4. The molecule has 0 saturated carbocycles. The molecule has 2 atom stereocenters. The van der Waals surface area contributed by atoms with Crippen LogP contribution in [0.5, 0.6) is 0 Å². The third-order valence-corrected chi connectivity index (χ3v) is 7.37. The molecule has 28 heavy (non-hydrogen) atoms. The van der Waals surface area contributed by atoms with Crippen molar-refractivity contribution in [3.8, 4) is 0 Å². The number of amides is 1. The zero-order valence-electron chi connectivity index (χ0n) is 16.6. The maximum absolute atomic E-state index is 13.1. The fourth-order valence-electron chi connectivity index (χ4n) is 3.49. The van der Waals surface area contributed by atoms with Gasteiger partial charge in [0.05, 0.1) is 17.1 Å². The largest absolute Gasteiger partial charge is 0.307 e. The number of rotatable bonds is 6. The van der Waals surface area contributed by atoms with E-state index in [1.54, 1.807) is 39.4 Å². The number of sulfonamides is 1. The second-order valence-electron chi connectivity index (χ2n) is 7.36. The third-order valence-electron chi connectivity index (χ3n) is 5.37. The minimum Gasteiger partial charge on any atom is -0.307 e. The normalized spacial score (nSPS) is 19.3. The van der Waals surface area contributed by atoms with Gasteiger partial charge in [-0.25, -0.2) is 13.1 Å². The molecule has 0 spiro atoms. The van der Waals surface area contributed by atoms with E-state index in [0.717, 1.165) is 25.7 Å². The van der Waals surface area contributed by atoms with Crippen LogP contribution < -0.4 is 5.32 Å². The van der Waals surface area contributed by atoms with E-state index in [1.807, 2.05) is 20.8 Å². The first-order valence-electron chi connectivity index (χ1n) is 9.81. The van der Waals surface area contributed by atoms with E-state index >= 15 is 0 Å². The molecule has 152 valence electrons. The summed E-state index contributed by atoms with van der Waals surface area (Å²) in [6.45, 7) is 6.53. The Kier molecular flexibility index (Phi) is 6.20. The van der Waals surface area contributed by atoms with Gasteiger partial charge in [-0.2, -0.15) is 9.40 Å². The summed E-state index contributed by atoms with van der Waals surface area (Å²) in [5.74, 6) is 0.242. The minimum absolute atomic E-state index is 0.0267. The molecule has 1 fully saturated rings. The van der Waals surface area contributed by atoms with Gasteiger partial charge in [-0.1, -0.05) is 19.4 Å². The highest BCUT2D eigenvalue weighted by molar-refractivity contribution is 7.89. The first-order valence-corrected chi connectivity index (χ1v) is 11.3. The summed E-state index contributed by atoms with van der Waals surface area (Å²) in [6.07, 6.45) is 5.29. The molecule has 1 N–H and O–H groups in total. The van der Waals surface area contributed by atoms with Gasteiger partial charge in [0.1, 0.15) is 5.82 Å². The molecule has 2 unspecified atom stereocenters. The SMILES string of the molecule is CCC(C)n1nccc1NC(=O)c1cccc(S(=O)(=O)N2CCCCC2C)c1. The number of carbonyl (C=O) groups is 1. The lowest BCUT2D eigenvalue weighted by Crippen LogP contribution is -2.41. The van der Waals surface area contributed by atoms with Crippen LogP contribution in [0.4, 0.5) is 5.82 Å². The van der Waals surface area contributed by atoms with Crippen LogP contribution in [0, 0.1) is 0 Å². The molecule has 7 nitrogen and oxygen atoms in total. The Labute approximate surface area is 166 Å². The number of anilines is 1. The Morgan fingerprint density at radius 3 is 2.82 bits per heavy atom. The lowest BCUT2D eigenvalue weighted by molar-refractivity contribution is 0.102. The Morgan fingerprint density at radius 2 is 2.11 bits per heavy atom. The quantitative estimate of drug-likeness (QED) is 0.796. The second-order valence-corrected chi connectivity index (χ2v) is 9.25. The highest BCUT2D eigenvalue weighted by Crippen LogP contribution is 2.26. The number of carbonyl (C=O) groups excluding carboxylic acids is 1. The number of hydrogen-bond donors (Lipinski definition) is 1. The molecule has 3 rings (SSSR count). The molecule has 0 radical (unpaired) electrons. The van der Waals surface area contributed by atoms with Crippen LogP contribution in [0.2, 0.25) is 0 Å². The maximum Gasteiger partial charge on any atom is 0.256 e. The highest BCUT2D eigenvalue weighted by atomic mass is 32.2. The topological polar surface area (TPSA) is 84.3 Å². The summed E-state index contributed by atoms with van der Waals surface area (Å²) in [4.78, 5) is 12.9. The summed E-state index contributed by atoms with van der Waals surface area (Å²) in [6, 6.07) is 8.10. The van der Waals surface area contributed by atoms with E-state index in [9.17, 15) is 13.2 Å². The molecule has 1 saturated heterocycles. The second kappa shape index (κ2) is 8.45. The van der Waals surface area contributed by atoms with E-state index in [0.29, 0.717) is 17.9 Å². The summed E-state index contributed by atoms with van der Waals surface area (Å²) in [5, 5.41) is 7.10. The summed E-state index contributed by atoms with van der Waals surface area (Å²) in [5.41, 5.74) is 0.308. The van der Waals surface area contributed by atoms with E-state index in [4.69, 9.17) is 0 Å². The molecule has 1 aliphatic rings. The van der Waals surface area contributed by atoms with Crippen molar-refractivity contribution in [2.45, 2.75) is 63.4 Å². The number of nitrogens with zero attached hydrogens (tertiary/aromatic N) is 3. The van der Waals surface area contributed by atoms with Crippen LogP contribution in [0.25, 0.3) is 0 Å². The van der Waals surface area contributed by atoms with Gasteiger partial charge in [0.2, 0.25) is 10.0 Å². The van der Waals surface area contributed by atoms with Crippen molar-refractivity contribution in [3.63, 3.8) is 0 Å². The number of piperidine rings is 1. The Balaban J connectivity index is 1.83. The lowest BCUT2D eigenvalue weighted by atomic mass is 10.1.